The minimum atomic E-state index is -0.102. The van der Waals surface area contributed by atoms with Gasteiger partial charge in [0.1, 0.15) is 0 Å². The van der Waals surface area contributed by atoms with Crippen LogP contribution in [-0.2, 0) is 4.79 Å². The Hall–Kier alpha value is -0.810. The molecule has 4 nitrogen and oxygen atoms in total. The first-order valence-electron chi connectivity index (χ1n) is 6.60. The monoisotopic (exact) mass is 315 g/mol. The molecule has 1 aliphatic rings. The van der Waals surface area contributed by atoms with Crippen molar-refractivity contribution in [3.63, 3.8) is 0 Å². The maximum atomic E-state index is 12.2. The normalized spacial score (nSPS) is 18.8. The van der Waals surface area contributed by atoms with Crippen molar-refractivity contribution in [2.45, 2.75) is 19.4 Å². The molecule has 0 aromatic heterocycles. The Bertz CT molecular complexity index is 485. The van der Waals surface area contributed by atoms with Crippen molar-refractivity contribution < 1.29 is 4.79 Å². The van der Waals surface area contributed by atoms with E-state index < -0.39 is 0 Å². The molecule has 2 rings (SSSR count). The zero-order valence-electron chi connectivity index (χ0n) is 11.7. The molecule has 0 aliphatic carbocycles. The van der Waals surface area contributed by atoms with Crippen molar-refractivity contribution in [2.75, 3.05) is 31.5 Å². The number of halogens is 2. The van der Waals surface area contributed by atoms with Gasteiger partial charge in [-0.25, -0.2) is 0 Å². The standard InChI is InChI=1S/C14H19Cl2N3O/c1-14(2)9-17-6-7-19(14)8-12(20)18-13-10(15)4-3-5-11(13)16/h3-5,17H,6-9H2,1-2H3,(H,18,20). The number of hydrogen-bond acceptors (Lipinski definition) is 3. The van der Waals surface area contributed by atoms with Crippen molar-refractivity contribution in [3.8, 4) is 0 Å². The van der Waals surface area contributed by atoms with E-state index in [1.54, 1.807) is 18.2 Å². The number of carbonyl (C=O) groups excluding carboxylic acids is 1. The fraction of sp³-hybridized carbons (Fsp3) is 0.500. The second-order valence-electron chi connectivity index (χ2n) is 5.56. The van der Waals surface area contributed by atoms with Crippen LogP contribution in [0.4, 0.5) is 5.69 Å². The number of rotatable bonds is 3. The third kappa shape index (κ3) is 3.64. The average molecular weight is 316 g/mol. The fourth-order valence-electron chi connectivity index (χ4n) is 2.29. The molecule has 0 radical (unpaired) electrons. The zero-order valence-corrected chi connectivity index (χ0v) is 13.2. The van der Waals surface area contributed by atoms with Crippen molar-refractivity contribution in [1.29, 1.82) is 0 Å². The van der Waals surface area contributed by atoms with Gasteiger partial charge < -0.3 is 10.6 Å². The molecular weight excluding hydrogens is 297 g/mol. The number of amides is 1. The zero-order chi connectivity index (χ0) is 14.8. The van der Waals surface area contributed by atoms with E-state index in [1.165, 1.54) is 0 Å². The molecule has 0 saturated carbocycles. The Balaban J connectivity index is 2.02. The van der Waals surface area contributed by atoms with Crippen LogP contribution in [0.25, 0.3) is 0 Å². The van der Waals surface area contributed by atoms with Gasteiger partial charge in [0, 0.05) is 25.2 Å². The lowest BCUT2D eigenvalue weighted by Crippen LogP contribution is -2.59. The molecule has 20 heavy (non-hydrogen) atoms. The first-order chi connectivity index (χ1) is 9.40. The summed E-state index contributed by atoms with van der Waals surface area (Å²) in [6, 6.07) is 5.16. The Morgan fingerprint density at radius 1 is 1.40 bits per heavy atom. The second kappa shape index (κ2) is 6.31. The van der Waals surface area contributed by atoms with Gasteiger partial charge >= 0.3 is 0 Å². The number of piperazine rings is 1. The smallest absolute Gasteiger partial charge is 0.238 e. The lowest BCUT2D eigenvalue weighted by atomic mass is 10.0. The molecule has 2 N–H and O–H groups in total. The van der Waals surface area contributed by atoms with Crippen molar-refractivity contribution in [2.24, 2.45) is 0 Å². The molecule has 1 aromatic rings. The van der Waals surface area contributed by atoms with Crippen molar-refractivity contribution >= 4 is 34.8 Å². The van der Waals surface area contributed by atoms with Crippen LogP contribution >= 0.6 is 23.2 Å². The van der Waals surface area contributed by atoms with Crippen LogP contribution in [0.5, 0.6) is 0 Å². The summed E-state index contributed by atoms with van der Waals surface area (Å²) in [5.74, 6) is -0.102. The number of anilines is 1. The molecule has 0 bridgehead atoms. The maximum Gasteiger partial charge on any atom is 0.238 e. The van der Waals surface area contributed by atoms with Gasteiger partial charge in [0.2, 0.25) is 5.91 Å². The van der Waals surface area contributed by atoms with E-state index in [9.17, 15) is 4.79 Å². The Kier molecular flexibility index (Phi) is 4.91. The largest absolute Gasteiger partial charge is 0.322 e. The van der Waals surface area contributed by atoms with E-state index in [0.29, 0.717) is 22.3 Å². The van der Waals surface area contributed by atoms with Gasteiger partial charge in [-0.1, -0.05) is 29.3 Å². The summed E-state index contributed by atoms with van der Waals surface area (Å²) in [7, 11) is 0. The maximum absolute atomic E-state index is 12.2. The molecule has 1 saturated heterocycles. The predicted molar refractivity (Wildman–Crippen MR) is 83.6 cm³/mol. The van der Waals surface area contributed by atoms with E-state index in [2.05, 4.69) is 29.4 Å². The highest BCUT2D eigenvalue weighted by Crippen LogP contribution is 2.29. The number of para-hydroxylation sites is 1. The Labute approximate surface area is 129 Å². The molecule has 1 heterocycles. The minimum Gasteiger partial charge on any atom is -0.322 e. The average Bonchev–Trinajstić information content (AvgIpc) is 2.36. The molecule has 1 aromatic carbocycles. The van der Waals surface area contributed by atoms with Crippen LogP contribution < -0.4 is 10.6 Å². The second-order valence-corrected chi connectivity index (χ2v) is 6.37. The van der Waals surface area contributed by atoms with E-state index in [0.717, 1.165) is 19.6 Å². The predicted octanol–water partition coefficient (Wildman–Crippen LogP) is 2.62. The quantitative estimate of drug-likeness (QED) is 0.901. The molecule has 0 spiro atoms. The van der Waals surface area contributed by atoms with Gasteiger partial charge in [-0.15, -0.1) is 0 Å². The summed E-state index contributed by atoms with van der Waals surface area (Å²) in [5.41, 5.74) is 0.439. The first kappa shape index (κ1) is 15.6. The van der Waals surface area contributed by atoms with Gasteiger partial charge in [-0.3, -0.25) is 9.69 Å². The fourth-order valence-corrected chi connectivity index (χ4v) is 2.78. The van der Waals surface area contributed by atoms with E-state index in [-0.39, 0.29) is 11.4 Å². The van der Waals surface area contributed by atoms with Crippen LogP contribution in [-0.4, -0.2) is 42.5 Å². The number of hydrogen-bond donors (Lipinski definition) is 2. The van der Waals surface area contributed by atoms with Gasteiger partial charge in [0.25, 0.3) is 0 Å². The molecule has 110 valence electrons. The summed E-state index contributed by atoms with van der Waals surface area (Å²) in [6.45, 7) is 7.17. The van der Waals surface area contributed by atoms with E-state index >= 15 is 0 Å². The van der Waals surface area contributed by atoms with E-state index in [4.69, 9.17) is 23.2 Å². The summed E-state index contributed by atoms with van der Waals surface area (Å²) >= 11 is 12.1. The third-order valence-electron chi connectivity index (χ3n) is 3.53. The molecular formula is C14H19Cl2N3O. The number of nitrogens with one attached hydrogen (secondary N) is 2. The Morgan fingerprint density at radius 2 is 2.05 bits per heavy atom. The number of nitrogens with zero attached hydrogens (tertiary/aromatic N) is 1. The van der Waals surface area contributed by atoms with Crippen LogP contribution in [0.15, 0.2) is 18.2 Å². The van der Waals surface area contributed by atoms with Crippen LogP contribution in [0.3, 0.4) is 0 Å². The number of carbonyl (C=O) groups is 1. The highest BCUT2D eigenvalue weighted by molar-refractivity contribution is 6.39. The SMILES string of the molecule is CC1(C)CNCCN1CC(=O)Nc1c(Cl)cccc1Cl. The Morgan fingerprint density at radius 3 is 2.65 bits per heavy atom. The van der Waals surface area contributed by atoms with Gasteiger partial charge in [-0.2, -0.15) is 0 Å². The summed E-state index contributed by atoms with van der Waals surface area (Å²) < 4.78 is 0. The number of benzene rings is 1. The van der Waals surface area contributed by atoms with Crippen molar-refractivity contribution in [1.82, 2.24) is 10.2 Å². The van der Waals surface area contributed by atoms with Crippen LogP contribution in [0, 0.1) is 0 Å². The van der Waals surface area contributed by atoms with E-state index in [1.807, 2.05) is 0 Å². The van der Waals surface area contributed by atoms with Crippen LogP contribution in [0.1, 0.15) is 13.8 Å². The van der Waals surface area contributed by atoms with Gasteiger partial charge in [0.05, 0.1) is 22.3 Å². The first-order valence-corrected chi connectivity index (χ1v) is 7.35. The lowest BCUT2D eigenvalue weighted by molar-refractivity contribution is -0.119. The lowest BCUT2D eigenvalue weighted by Gasteiger charge is -2.42. The molecule has 1 amide bonds. The molecule has 0 atom stereocenters. The minimum absolute atomic E-state index is 0.0418. The van der Waals surface area contributed by atoms with Crippen LogP contribution in [0.2, 0.25) is 10.0 Å². The third-order valence-corrected chi connectivity index (χ3v) is 4.16. The van der Waals surface area contributed by atoms with Gasteiger partial charge in [-0.05, 0) is 26.0 Å². The van der Waals surface area contributed by atoms with Crippen molar-refractivity contribution in [3.05, 3.63) is 28.2 Å². The molecule has 1 aliphatic heterocycles. The highest BCUT2D eigenvalue weighted by atomic mass is 35.5. The summed E-state index contributed by atoms with van der Waals surface area (Å²) in [4.78, 5) is 14.3. The summed E-state index contributed by atoms with van der Waals surface area (Å²) in [6.07, 6.45) is 0. The summed E-state index contributed by atoms with van der Waals surface area (Å²) in [5, 5.41) is 7.03. The van der Waals surface area contributed by atoms with Gasteiger partial charge in [0.15, 0.2) is 0 Å². The molecule has 0 unspecified atom stereocenters. The molecule has 1 fully saturated rings. The topological polar surface area (TPSA) is 44.4 Å². The molecule has 6 heteroatoms. The highest BCUT2D eigenvalue weighted by Gasteiger charge is 2.30.